The molecule has 0 heterocycles. The summed E-state index contributed by atoms with van der Waals surface area (Å²) in [5.41, 5.74) is 0.160. The van der Waals surface area contributed by atoms with Crippen LogP contribution in [0.3, 0.4) is 0 Å². The first kappa shape index (κ1) is 17.2. The Hall–Kier alpha value is -0.843. The van der Waals surface area contributed by atoms with Crippen molar-refractivity contribution in [3.05, 3.63) is 0 Å². The van der Waals surface area contributed by atoms with Gasteiger partial charge in [0.15, 0.2) is 5.71 Å². The number of hydrogen-bond donors (Lipinski definition) is 1. The molecule has 0 radical (unpaired) electrons. The summed E-state index contributed by atoms with van der Waals surface area (Å²) in [5.74, 6) is -0.453. The van der Waals surface area contributed by atoms with E-state index in [1.54, 1.807) is 0 Å². The van der Waals surface area contributed by atoms with Crippen LogP contribution in [0.15, 0.2) is 5.16 Å². The molecule has 106 valence electrons. The molecule has 0 fully saturated rings. The first-order chi connectivity index (χ1) is 8.40. The van der Waals surface area contributed by atoms with Crippen LogP contribution < -0.4 is 0 Å². The van der Waals surface area contributed by atoms with Gasteiger partial charge in [-0.15, -0.1) is 0 Å². The van der Waals surface area contributed by atoms with Crippen molar-refractivity contribution in [2.45, 2.75) is 71.5 Å². The zero-order valence-electron chi connectivity index (χ0n) is 12.2. The highest BCUT2D eigenvalue weighted by atomic mass is 28.4. The van der Waals surface area contributed by atoms with Crippen LogP contribution >= 0.6 is 0 Å². The SMILES string of the molecule is CCCCCCCCC(=NO)C(=O)O[Si](C)(C)C. The second kappa shape index (κ2) is 9.14. The Bertz CT molecular complexity index is 272. The fraction of sp³-hybridized carbons (Fsp3) is 0.846. The Morgan fingerprint density at radius 3 is 2.17 bits per heavy atom. The summed E-state index contributed by atoms with van der Waals surface area (Å²) in [5, 5.41) is 11.9. The van der Waals surface area contributed by atoms with Crippen LogP contribution in [0, 0.1) is 0 Å². The summed E-state index contributed by atoms with van der Waals surface area (Å²) in [6, 6.07) is 0. The van der Waals surface area contributed by atoms with Gasteiger partial charge in [0.1, 0.15) is 0 Å². The molecule has 0 aliphatic rings. The normalized spacial score (nSPS) is 12.6. The van der Waals surface area contributed by atoms with Crippen LogP contribution in [0.2, 0.25) is 19.6 Å². The Labute approximate surface area is 112 Å². The van der Waals surface area contributed by atoms with Gasteiger partial charge in [-0.1, -0.05) is 44.2 Å². The highest BCUT2D eigenvalue weighted by Gasteiger charge is 2.23. The van der Waals surface area contributed by atoms with Crippen molar-refractivity contribution < 1.29 is 14.4 Å². The van der Waals surface area contributed by atoms with E-state index in [4.69, 9.17) is 9.63 Å². The third-order valence-corrected chi connectivity index (χ3v) is 3.32. The van der Waals surface area contributed by atoms with Gasteiger partial charge in [-0.05, 0) is 26.1 Å². The number of oxime groups is 1. The molecule has 0 aliphatic carbocycles. The second-order valence-corrected chi connectivity index (χ2v) is 10.00. The minimum atomic E-state index is -1.91. The van der Waals surface area contributed by atoms with Gasteiger partial charge < -0.3 is 9.63 Å². The molecule has 0 unspecified atom stereocenters. The fourth-order valence-corrected chi connectivity index (χ4v) is 2.28. The summed E-state index contributed by atoms with van der Waals surface area (Å²) < 4.78 is 5.30. The van der Waals surface area contributed by atoms with E-state index in [9.17, 15) is 4.79 Å². The molecular formula is C13H27NO3Si. The molecule has 0 aromatic heterocycles. The first-order valence-corrected chi connectivity index (χ1v) is 10.3. The van der Waals surface area contributed by atoms with E-state index < -0.39 is 14.3 Å². The van der Waals surface area contributed by atoms with E-state index in [1.807, 2.05) is 19.6 Å². The minimum Gasteiger partial charge on any atom is -0.515 e. The van der Waals surface area contributed by atoms with E-state index in [2.05, 4.69) is 12.1 Å². The van der Waals surface area contributed by atoms with E-state index >= 15 is 0 Å². The summed E-state index contributed by atoms with van der Waals surface area (Å²) in [6.07, 6.45) is 7.36. The summed E-state index contributed by atoms with van der Waals surface area (Å²) in [6.45, 7) is 7.99. The van der Waals surface area contributed by atoms with Crippen LogP contribution in [0.25, 0.3) is 0 Å². The fourth-order valence-electron chi connectivity index (χ4n) is 1.60. The number of carbonyl (C=O) groups is 1. The van der Waals surface area contributed by atoms with Gasteiger partial charge >= 0.3 is 5.97 Å². The maximum absolute atomic E-state index is 11.7. The molecule has 4 nitrogen and oxygen atoms in total. The molecule has 1 N–H and O–H groups in total. The first-order valence-electron chi connectivity index (χ1n) is 6.85. The second-order valence-electron chi connectivity index (χ2n) is 5.57. The standard InChI is InChI=1S/C13H27NO3Si/c1-5-6-7-8-9-10-11-12(14-16)13(15)17-18(2,3)4/h16H,5-11H2,1-4H3. The van der Waals surface area contributed by atoms with Gasteiger partial charge in [-0.25, -0.2) is 4.79 Å². The molecule has 5 heteroatoms. The van der Waals surface area contributed by atoms with Gasteiger partial charge in [-0.2, -0.15) is 0 Å². The van der Waals surface area contributed by atoms with Crippen molar-refractivity contribution in [2.75, 3.05) is 0 Å². The topological polar surface area (TPSA) is 58.9 Å². The predicted octanol–water partition coefficient (Wildman–Crippen LogP) is 3.95. The lowest BCUT2D eigenvalue weighted by atomic mass is 10.1. The summed E-state index contributed by atoms with van der Waals surface area (Å²) >= 11 is 0. The van der Waals surface area contributed by atoms with Crippen molar-refractivity contribution in [2.24, 2.45) is 5.16 Å². The van der Waals surface area contributed by atoms with Crippen molar-refractivity contribution in [3.8, 4) is 0 Å². The van der Waals surface area contributed by atoms with E-state index in [1.165, 1.54) is 25.7 Å². The van der Waals surface area contributed by atoms with Gasteiger partial charge in [-0.3, -0.25) is 0 Å². The molecular weight excluding hydrogens is 246 g/mol. The predicted molar refractivity (Wildman–Crippen MR) is 76.7 cm³/mol. The van der Waals surface area contributed by atoms with Gasteiger partial charge in [0.2, 0.25) is 8.32 Å². The summed E-state index contributed by atoms with van der Waals surface area (Å²) in [4.78, 5) is 11.7. The number of nitrogens with zero attached hydrogens (tertiary/aromatic N) is 1. The molecule has 0 amide bonds. The molecule has 0 aromatic carbocycles. The monoisotopic (exact) mass is 273 g/mol. The molecule has 0 aliphatic heterocycles. The van der Waals surface area contributed by atoms with Crippen LogP contribution in [-0.2, 0) is 9.22 Å². The van der Waals surface area contributed by atoms with Gasteiger partial charge in [0.05, 0.1) is 0 Å². The minimum absolute atomic E-state index is 0.160. The van der Waals surface area contributed by atoms with Crippen molar-refractivity contribution in [3.63, 3.8) is 0 Å². The zero-order chi connectivity index (χ0) is 14.0. The molecule has 0 aromatic rings. The van der Waals surface area contributed by atoms with Crippen LogP contribution in [0.1, 0.15) is 51.9 Å². The highest BCUT2D eigenvalue weighted by Crippen LogP contribution is 2.10. The third kappa shape index (κ3) is 9.21. The quantitative estimate of drug-likeness (QED) is 0.227. The molecule has 0 saturated carbocycles. The third-order valence-electron chi connectivity index (χ3n) is 2.52. The Morgan fingerprint density at radius 1 is 1.11 bits per heavy atom. The Balaban J connectivity index is 3.88. The van der Waals surface area contributed by atoms with Crippen LogP contribution in [-0.4, -0.2) is 25.2 Å². The number of unbranched alkanes of at least 4 members (excludes halogenated alkanes) is 5. The Kier molecular flexibility index (Phi) is 8.71. The van der Waals surface area contributed by atoms with Crippen molar-refractivity contribution in [1.82, 2.24) is 0 Å². The van der Waals surface area contributed by atoms with Crippen molar-refractivity contribution >= 4 is 20.0 Å². The average Bonchev–Trinajstić information content (AvgIpc) is 2.25. The molecule has 18 heavy (non-hydrogen) atoms. The van der Waals surface area contributed by atoms with E-state index in [-0.39, 0.29) is 5.71 Å². The largest absolute Gasteiger partial charge is 0.515 e. The average molecular weight is 273 g/mol. The lowest BCUT2D eigenvalue weighted by molar-refractivity contribution is -0.127. The lowest BCUT2D eigenvalue weighted by Crippen LogP contribution is -2.33. The van der Waals surface area contributed by atoms with Crippen molar-refractivity contribution in [1.29, 1.82) is 0 Å². The number of rotatable bonds is 9. The van der Waals surface area contributed by atoms with Gasteiger partial charge in [0.25, 0.3) is 0 Å². The molecule has 0 saturated heterocycles. The maximum Gasteiger partial charge on any atom is 0.342 e. The lowest BCUT2D eigenvalue weighted by Gasteiger charge is -2.17. The summed E-state index contributed by atoms with van der Waals surface area (Å²) in [7, 11) is -1.91. The van der Waals surface area contributed by atoms with E-state index in [0.717, 1.165) is 12.8 Å². The van der Waals surface area contributed by atoms with Crippen LogP contribution in [0.5, 0.6) is 0 Å². The highest BCUT2D eigenvalue weighted by molar-refractivity contribution is 6.72. The number of carbonyl (C=O) groups excluding carboxylic acids is 1. The zero-order valence-corrected chi connectivity index (χ0v) is 13.2. The number of hydrogen-bond acceptors (Lipinski definition) is 4. The molecule has 0 rings (SSSR count). The Morgan fingerprint density at radius 2 is 1.67 bits per heavy atom. The smallest absolute Gasteiger partial charge is 0.342 e. The maximum atomic E-state index is 11.7. The molecule has 0 spiro atoms. The van der Waals surface area contributed by atoms with E-state index in [0.29, 0.717) is 6.42 Å². The van der Waals surface area contributed by atoms with Crippen LogP contribution in [0.4, 0.5) is 0 Å². The molecule has 0 atom stereocenters. The van der Waals surface area contributed by atoms with Gasteiger partial charge in [0, 0.05) is 6.42 Å². The molecule has 0 bridgehead atoms.